The highest BCUT2D eigenvalue weighted by molar-refractivity contribution is 7.91. The zero-order chi connectivity index (χ0) is 18.3. The SMILES string of the molecule is Cc1ccc(S(=O)(=O)N2CCCC(C(=O)N3CCC4CCC(C3)N4)C2)s1. The molecular weight excluding hydrogens is 370 g/mol. The van der Waals surface area contributed by atoms with Crippen LogP contribution in [0.4, 0.5) is 0 Å². The lowest BCUT2D eigenvalue weighted by molar-refractivity contribution is -0.136. The molecule has 3 aliphatic heterocycles. The third-order valence-corrected chi connectivity index (χ3v) is 9.21. The van der Waals surface area contributed by atoms with E-state index in [1.165, 1.54) is 22.1 Å². The lowest BCUT2D eigenvalue weighted by Crippen LogP contribution is -2.48. The first kappa shape index (κ1) is 18.4. The summed E-state index contributed by atoms with van der Waals surface area (Å²) in [6, 6.07) is 4.47. The summed E-state index contributed by atoms with van der Waals surface area (Å²) in [5.41, 5.74) is 0. The van der Waals surface area contributed by atoms with Crippen LogP contribution in [0.1, 0.15) is 37.0 Å². The van der Waals surface area contributed by atoms with Crippen LogP contribution >= 0.6 is 11.3 Å². The first-order valence-electron chi connectivity index (χ1n) is 9.55. The Morgan fingerprint density at radius 2 is 1.92 bits per heavy atom. The molecule has 144 valence electrons. The maximum atomic E-state index is 13.1. The molecule has 4 heterocycles. The van der Waals surface area contributed by atoms with Crippen LogP contribution in [0.25, 0.3) is 0 Å². The van der Waals surface area contributed by atoms with Crippen molar-refractivity contribution in [3.8, 4) is 0 Å². The standard InChI is InChI=1S/C18H27N3O3S2/c1-13-4-7-17(25-13)26(23,24)21-9-2-3-14(11-21)18(22)20-10-8-15-5-6-16(12-20)19-15/h4,7,14-16,19H,2-3,5-6,8-12H2,1H3. The van der Waals surface area contributed by atoms with Gasteiger partial charge in [-0.25, -0.2) is 8.42 Å². The number of piperidine rings is 1. The predicted octanol–water partition coefficient (Wildman–Crippen LogP) is 1.81. The van der Waals surface area contributed by atoms with Gasteiger partial charge in [0.05, 0.1) is 5.92 Å². The van der Waals surface area contributed by atoms with Gasteiger partial charge in [-0.1, -0.05) is 0 Å². The Morgan fingerprint density at radius 3 is 2.69 bits per heavy atom. The number of nitrogens with zero attached hydrogens (tertiary/aromatic N) is 2. The summed E-state index contributed by atoms with van der Waals surface area (Å²) in [6.45, 7) is 4.29. The average Bonchev–Trinajstić information content (AvgIpc) is 3.20. The Hall–Kier alpha value is -0.960. The predicted molar refractivity (Wildman–Crippen MR) is 102 cm³/mol. The summed E-state index contributed by atoms with van der Waals surface area (Å²) in [6.07, 6.45) is 4.88. The first-order valence-corrected chi connectivity index (χ1v) is 11.8. The molecule has 3 fully saturated rings. The summed E-state index contributed by atoms with van der Waals surface area (Å²) >= 11 is 1.30. The zero-order valence-electron chi connectivity index (χ0n) is 15.2. The minimum Gasteiger partial charge on any atom is -0.341 e. The molecule has 3 saturated heterocycles. The van der Waals surface area contributed by atoms with Crippen molar-refractivity contribution >= 4 is 27.3 Å². The minimum absolute atomic E-state index is 0.140. The molecule has 1 N–H and O–H groups in total. The molecule has 3 unspecified atom stereocenters. The van der Waals surface area contributed by atoms with Crippen molar-refractivity contribution in [2.75, 3.05) is 26.2 Å². The summed E-state index contributed by atoms with van der Waals surface area (Å²) in [5, 5.41) is 3.60. The number of sulfonamides is 1. The van der Waals surface area contributed by atoms with Crippen LogP contribution in [0.15, 0.2) is 16.3 Å². The van der Waals surface area contributed by atoms with Crippen LogP contribution in [0, 0.1) is 12.8 Å². The maximum absolute atomic E-state index is 13.1. The van der Waals surface area contributed by atoms with Gasteiger partial charge >= 0.3 is 0 Å². The third kappa shape index (κ3) is 3.56. The van der Waals surface area contributed by atoms with Gasteiger partial charge in [-0.15, -0.1) is 11.3 Å². The van der Waals surface area contributed by atoms with Crippen molar-refractivity contribution in [1.29, 1.82) is 0 Å². The van der Waals surface area contributed by atoms with E-state index in [0.29, 0.717) is 29.4 Å². The molecule has 4 rings (SSSR count). The number of hydrogen-bond donors (Lipinski definition) is 1. The molecule has 26 heavy (non-hydrogen) atoms. The largest absolute Gasteiger partial charge is 0.341 e. The lowest BCUT2D eigenvalue weighted by Gasteiger charge is -2.34. The number of rotatable bonds is 3. The van der Waals surface area contributed by atoms with E-state index in [-0.39, 0.29) is 11.8 Å². The van der Waals surface area contributed by atoms with Gasteiger partial charge in [0.25, 0.3) is 10.0 Å². The summed E-state index contributed by atoms with van der Waals surface area (Å²) in [5.74, 6) is -0.0715. The Bertz CT molecular complexity index is 776. The van der Waals surface area contributed by atoms with E-state index < -0.39 is 10.0 Å². The number of hydrogen-bond acceptors (Lipinski definition) is 5. The van der Waals surface area contributed by atoms with E-state index >= 15 is 0 Å². The second kappa shape index (κ2) is 7.22. The number of thiophene rings is 1. The van der Waals surface area contributed by atoms with Gasteiger partial charge in [-0.3, -0.25) is 4.79 Å². The second-order valence-corrected chi connectivity index (χ2v) is 11.2. The lowest BCUT2D eigenvalue weighted by atomic mass is 9.97. The zero-order valence-corrected chi connectivity index (χ0v) is 16.8. The van der Waals surface area contributed by atoms with E-state index in [2.05, 4.69) is 5.32 Å². The van der Waals surface area contributed by atoms with Crippen LogP contribution < -0.4 is 5.32 Å². The number of amides is 1. The Labute approximate surface area is 159 Å². The Morgan fingerprint density at radius 1 is 1.12 bits per heavy atom. The quantitative estimate of drug-likeness (QED) is 0.845. The molecule has 8 heteroatoms. The number of fused-ring (bicyclic) bond motifs is 2. The second-order valence-electron chi connectivity index (χ2n) is 7.78. The molecule has 0 aromatic carbocycles. The van der Waals surface area contributed by atoms with E-state index in [0.717, 1.165) is 43.6 Å². The van der Waals surface area contributed by atoms with E-state index in [9.17, 15) is 13.2 Å². The first-order chi connectivity index (χ1) is 12.4. The fourth-order valence-electron chi connectivity index (χ4n) is 4.44. The Balaban J connectivity index is 1.45. The average molecular weight is 398 g/mol. The van der Waals surface area contributed by atoms with Gasteiger partial charge in [0.2, 0.25) is 5.91 Å². The van der Waals surface area contributed by atoms with Crippen molar-refractivity contribution < 1.29 is 13.2 Å². The van der Waals surface area contributed by atoms with Crippen LogP contribution in [-0.4, -0.2) is 61.8 Å². The minimum atomic E-state index is -3.49. The van der Waals surface area contributed by atoms with Gasteiger partial charge in [0.1, 0.15) is 4.21 Å². The van der Waals surface area contributed by atoms with Crippen LogP contribution in [0.2, 0.25) is 0 Å². The highest BCUT2D eigenvalue weighted by atomic mass is 32.2. The monoisotopic (exact) mass is 397 g/mol. The van der Waals surface area contributed by atoms with Gasteiger partial charge < -0.3 is 10.2 Å². The molecule has 0 aliphatic carbocycles. The maximum Gasteiger partial charge on any atom is 0.252 e. The summed E-state index contributed by atoms with van der Waals surface area (Å²) in [7, 11) is -3.49. The van der Waals surface area contributed by atoms with Gasteiger partial charge in [-0.05, 0) is 51.2 Å². The van der Waals surface area contributed by atoms with Crippen molar-refractivity contribution in [2.45, 2.75) is 55.3 Å². The molecule has 2 bridgehead atoms. The molecule has 0 spiro atoms. The van der Waals surface area contributed by atoms with Crippen molar-refractivity contribution in [2.24, 2.45) is 5.92 Å². The molecule has 0 radical (unpaired) electrons. The van der Waals surface area contributed by atoms with Gasteiger partial charge in [0, 0.05) is 43.1 Å². The number of nitrogens with one attached hydrogen (secondary N) is 1. The molecule has 0 saturated carbocycles. The fraction of sp³-hybridized carbons (Fsp3) is 0.722. The molecular formula is C18H27N3O3S2. The van der Waals surface area contributed by atoms with E-state index in [1.807, 2.05) is 17.9 Å². The fourth-order valence-corrected chi connectivity index (χ4v) is 7.40. The van der Waals surface area contributed by atoms with Crippen molar-refractivity contribution in [3.63, 3.8) is 0 Å². The number of likely N-dealkylation sites (tertiary alicyclic amines) is 1. The number of carbonyl (C=O) groups is 1. The summed E-state index contributed by atoms with van der Waals surface area (Å²) < 4.78 is 27.7. The van der Waals surface area contributed by atoms with Crippen LogP contribution in [0.3, 0.4) is 0 Å². The smallest absolute Gasteiger partial charge is 0.252 e. The highest BCUT2D eigenvalue weighted by Crippen LogP contribution is 2.29. The van der Waals surface area contributed by atoms with Gasteiger partial charge in [0.15, 0.2) is 0 Å². The van der Waals surface area contributed by atoms with Gasteiger partial charge in [-0.2, -0.15) is 4.31 Å². The molecule has 3 aliphatic rings. The van der Waals surface area contributed by atoms with E-state index in [4.69, 9.17) is 0 Å². The highest BCUT2D eigenvalue weighted by Gasteiger charge is 2.38. The number of aryl methyl sites for hydroxylation is 1. The third-order valence-electron chi connectivity index (χ3n) is 5.88. The topological polar surface area (TPSA) is 69.7 Å². The Kier molecular flexibility index (Phi) is 5.11. The van der Waals surface area contributed by atoms with E-state index in [1.54, 1.807) is 6.07 Å². The van der Waals surface area contributed by atoms with Crippen molar-refractivity contribution in [1.82, 2.24) is 14.5 Å². The van der Waals surface area contributed by atoms with Crippen molar-refractivity contribution in [3.05, 3.63) is 17.0 Å². The molecule has 1 amide bonds. The molecule has 1 aromatic heterocycles. The molecule has 3 atom stereocenters. The number of carbonyl (C=O) groups excluding carboxylic acids is 1. The normalized spacial score (nSPS) is 30.3. The molecule has 1 aromatic rings. The molecule has 6 nitrogen and oxygen atoms in total. The van der Waals surface area contributed by atoms with Crippen LogP contribution in [0.5, 0.6) is 0 Å². The summed E-state index contributed by atoms with van der Waals surface area (Å²) in [4.78, 5) is 16.0. The van der Waals surface area contributed by atoms with Crippen LogP contribution in [-0.2, 0) is 14.8 Å².